The van der Waals surface area contributed by atoms with E-state index in [1.54, 1.807) is 7.11 Å². The molecule has 1 unspecified atom stereocenters. The number of amides is 1. The molecule has 5 nitrogen and oxygen atoms in total. The lowest BCUT2D eigenvalue weighted by Gasteiger charge is -2.20. The first-order valence-corrected chi connectivity index (χ1v) is 8.93. The number of carbonyl (C=O) groups is 1. The number of aromatic amines is 1. The van der Waals surface area contributed by atoms with Crippen LogP contribution in [0.1, 0.15) is 37.7 Å². The van der Waals surface area contributed by atoms with E-state index in [-0.39, 0.29) is 17.9 Å². The minimum atomic E-state index is -0.134. The fourth-order valence-electron chi connectivity index (χ4n) is 2.97. The molecule has 0 bridgehead atoms. The number of carbonyl (C=O) groups excluding carboxylic acids is 1. The van der Waals surface area contributed by atoms with Crippen LogP contribution in [0.2, 0.25) is 0 Å². The molecule has 1 atom stereocenters. The van der Waals surface area contributed by atoms with Crippen molar-refractivity contribution in [2.75, 3.05) is 7.11 Å². The first-order chi connectivity index (χ1) is 12.6. The number of fused-ring (bicyclic) bond motifs is 1. The van der Waals surface area contributed by atoms with Gasteiger partial charge in [0.05, 0.1) is 24.2 Å². The lowest BCUT2D eigenvalue weighted by atomic mass is 10.0. The lowest BCUT2D eigenvalue weighted by molar-refractivity contribution is -0.122. The SMILES string of the molecule is COc1ccc(CCC(=O)NC(c2nc3ccccc3[nH]2)C(C)C)cc1. The fraction of sp³-hybridized carbons (Fsp3) is 0.333. The Kier molecular flexibility index (Phi) is 5.56. The van der Waals surface area contributed by atoms with Crippen molar-refractivity contribution in [3.63, 3.8) is 0 Å². The second kappa shape index (κ2) is 8.04. The first kappa shape index (κ1) is 18.0. The van der Waals surface area contributed by atoms with Gasteiger partial charge in [-0.25, -0.2) is 4.98 Å². The Hall–Kier alpha value is -2.82. The number of ether oxygens (including phenoxy) is 1. The predicted octanol–water partition coefficient (Wildman–Crippen LogP) is 4.02. The molecule has 0 aliphatic rings. The number of H-pyrrole nitrogens is 1. The quantitative estimate of drug-likeness (QED) is 0.676. The van der Waals surface area contributed by atoms with Gasteiger partial charge in [-0.15, -0.1) is 0 Å². The number of hydrogen-bond acceptors (Lipinski definition) is 3. The number of nitrogens with zero attached hydrogens (tertiary/aromatic N) is 1. The Morgan fingerprint density at radius 1 is 1.15 bits per heavy atom. The van der Waals surface area contributed by atoms with Crippen LogP contribution < -0.4 is 10.1 Å². The summed E-state index contributed by atoms with van der Waals surface area (Å²) in [6.45, 7) is 4.17. The molecule has 3 aromatic rings. The van der Waals surface area contributed by atoms with Gasteiger partial charge in [-0.3, -0.25) is 4.79 Å². The average Bonchev–Trinajstić information content (AvgIpc) is 3.08. The molecule has 0 spiro atoms. The standard InChI is InChI=1S/C21H25N3O2/c1-14(2)20(21-22-17-6-4-5-7-18(17)23-21)24-19(25)13-10-15-8-11-16(26-3)12-9-15/h4-9,11-12,14,20H,10,13H2,1-3H3,(H,22,23)(H,24,25). The van der Waals surface area contributed by atoms with Crippen molar-refractivity contribution < 1.29 is 9.53 Å². The van der Waals surface area contributed by atoms with Crippen LogP contribution in [0.3, 0.4) is 0 Å². The second-order valence-corrected chi connectivity index (χ2v) is 6.78. The highest BCUT2D eigenvalue weighted by atomic mass is 16.5. The molecule has 136 valence electrons. The van der Waals surface area contributed by atoms with Crippen molar-refractivity contribution in [3.05, 3.63) is 59.9 Å². The van der Waals surface area contributed by atoms with Gasteiger partial charge in [0, 0.05) is 6.42 Å². The van der Waals surface area contributed by atoms with Crippen molar-refractivity contribution in [2.24, 2.45) is 5.92 Å². The summed E-state index contributed by atoms with van der Waals surface area (Å²) < 4.78 is 5.16. The zero-order valence-corrected chi connectivity index (χ0v) is 15.5. The summed E-state index contributed by atoms with van der Waals surface area (Å²) in [6.07, 6.45) is 1.14. The maximum Gasteiger partial charge on any atom is 0.220 e. The van der Waals surface area contributed by atoms with Gasteiger partial charge in [0.25, 0.3) is 0 Å². The van der Waals surface area contributed by atoms with Crippen LogP contribution in [-0.2, 0) is 11.2 Å². The van der Waals surface area contributed by atoms with E-state index in [1.165, 1.54) is 0 Å². The lowest BCUT2D eigenvalue weighted by Crippen LogP contribution is -2.32. The maximum absolute atomic E-state index is 12.5. The zero-order chi connectivity index (χ0) is 18.5. The maximum atomic E-state index is 12.5. The van der Waals surface area contributed by atoms with Crippen molar-refractivity contribution >= 4 is 16.9 Å². The van der Waals surface area contributed by atoms with Crippen LogP contribution in [0.5, 0.6) is 5.75 Å². The zero-order valence-electron chi connectivity index (χ0n) is 15.5. The molecule has 0 fully saturated rings. The summed E-state index contributed by atoms with van der Waals surface area (Å²) in [7, 11) is 1.65. The monoisotopic (exact) mass is 351 g/mol. The summed E-state index contributed by atoms with van der Waals surface area (Å²) in [5.74, 6) is 1.89. The number of benzene rings is 2. The highest BCUT2D eigenvalue weighted by Crippen LogP contribution is 2.22. The van der Waals surface area contributed by atoms with E-state index >= 15 is 0 Å². The Balaban J connectivity index is 1.64. The number of methoxy groups -OCH3 is 1. The molecule has 1 heterocycles. The van der Waals surface area contributed by atoms with Gasteiger partial charge >= 0.3 is 0 Å². The van der Waals surface area contributed by atoms with E-state index in [4.69, 9.17) is 4.74 Å². The normalized spacial score (nSPS) is 12.3. The van der Waals surface area contributed by atoms with Gasteiger partial charge in [-0.2, -0.15) is 0 Å². The third-order valence-corrected chi connectivity index (χ3v) is 4.49. The van der Waals surface area contributed by atoms with Crippen molar-refractivity contribution in [1.82, 2.24) is 15.3 Å². The van der Waals surface area contributed by atoms with Crippen LogP contribution in [0, 0.1) is 5.92 Å². The Morgan fingerprint density at radius 3 is 2.54 bits per heavy atom. The van der Waals surface area contributed by atoms with Gasteiger partial charge in [0.1, 0.15) is 11.6 Å². The van der Waals surface area contributed by atoms with E-state index in [2.05, 4.69) is 29.1 Å². The molecule has 0 radical (unpaired) electrons. The topological polar surface area (TPSA) is 67.0 Å². The number of imidazole rings is 1. The van der Waals surface area contributed by atoms with E-state index < -0.39 is 0 Å². The second-order valence-electron chi connectivity index (χ2n) is 6.78. The Morgan fingerprint density at radius 2 is 1.88 bits per heavy atom. The largest absolute Gasteiger partial charge is 0.497 e. The van der Waals surface area contributed by atoms with E-state index in [0.717, 1.165) is 28.2 Å². The summed E-state index contributed by atoms with van der Waals surface area (Å²) in [6, 6.07) is 15.6. The molecule has 2 N–H and O–H groups in total. The van der Waals surface area contributed by atoms with Crippen LogP contribution in [0.4, 0.5) is 0 Å². The molecule has 0 aliphatic carbocycles. The van der Waals surface area contributed by atoms with Gasteiger partial charge < -0.3 is 15.0 Å². The highest BCUT2D eigenvalue weighted by Gasteiger charge is 2.21. The Bertz CT molecular complexity index is 835. The van der Waals surface area contributed by atoms with Crippen molar-refractivity contribution in [1.29, 1.82) is 0 Å². The number of rotatable bonds is 7. The van der Waals surface area contributed by atoms with E-state index in [1.807, 2.05) is 48.5 Å². The van der Waals surface area contributed by atoms with Crippen LogP contribution in [0.15, 0.2) is 48.5 Å². The number of nitrogens with one attached hydrogen (secondary N) is 2. The van der Waals surface area contributed by atoms with Crippen LogP contribution >= 0.6 is 0 Å². The molecule has 0 saturated heterocycles. The molecular formula is C21H25N3O2. The summed E-state index contributed by atoms with van der Waals surface area (Å²) in [5, 5.41) is 3.13. The van der Waals surface area contributed by atoms with Gasteiger partial charge in [-0.1, -0.05) is 38.1 Å². The number of aryl methyl sites for hydroxylation is 1. The molecule has 3 rings (SSSR count). The van der Waals surface area contributed by atoms with Crippen LogP contribution in [-0.4, -0.2) is 23.0 Å². The number of para-hydroxylation sites is 2. The van der Waals surface area contributed by atoms with Crippen molar-refractivity contribution in [2.45, 2.75) is 32.7 Å². The molecule has 0 saturated carbocycles. The van der Waals surface area contributed by atoms with Crippen LogP contribution in [0.25, 0.3) is 11.0 Å². The van der Waals surface area contributed by atoms with Gasteiger partial charge in [0.15, 0.2) is 0 Å². The molecule has 26 heavy (non-hydrogen) atoms. The molecule has 2 aromatic carbocycles. The van der Waals surface area contributed by atoms with Gasteiger partial charge in [-0.05, 0) is 42.2 Å². The molecular weight excluding hydrogens is 326 g/mol. The number of hydrogen-bond donors (Lipinski definition) is 2. The minimum Gasteiger partial charge on any atom is -0.497 e. The minimum absolute atomic E-state index is 0.0278. The Labute approximate surface area is 153 Å². The fourth-order valence-corrected chi connectivity index (χ4v) is 2.97. The third kappa shape index (κ3) is 4.23. The van der Waals surface area contributed by atoms with E-state index in [9.17, 15) is 4.79 Å². The summed E-state index contributed by atoms with van der Waals surface area (Å²) in [4.78, 5) is 20.4. The molecule has 1 amide bonds. The van der Waals surface area contributed by atoms with Crippen molar-refractivity contribution in [3.8, 4) is 5.75 Å². The first-order valence-electron chi connectivity index (χ1n) is 8.93. The molecule has 0 aliphatic heterocycles. The van der Waals surface area contributed by atoms with Gasteiger partial charge in [0.2, 0.25) is 5.91 Å². The smallest absolute Gasteiger partial charge is 0.220 e. The molecule has 1 aromatic heterocycles. The third-order valence-electron chi connectivity index (χ3n) is 4.49. The summed E-state index contributed by atoms with van der Waals surface area (Å²) in [5.41, 5.74) is 3.02. The average molecular weight is 351 g/mol. The predicted molar refractivity (Wildman–Crippen MR) is 103 cm³/mol. The van der Waals surface area contributed by atoms with E-state index in [0.29, 0.717) is 12.8 Å². The summed E-state index contributed by atoms with van der Waals surface area (Å²) >= 11 is 0. The highest BCUT2D eigenvalue weighted by molar-refractivity contribution is 5.77. The molecule has 5 heteroatoms. The number of aromatic nitrogens is 2.